The van der Waals surface area contributed by atoms with Gasteiger partial charge in [-0.3, -0.25) is 9.69 Å². The maximum absolute atomic E-state index is 12.3. The van der Waals surface area contributed by atoms with Gasteiger partial charge in [0.15, 0.2) is 0 Å². The maximum Gasteiger partial charge on any atom is 0.240 e. The lowest BCUT2D eigenvalue weighted by Gasteiger charge is -2.36. The number of nitrogens with one attached hydrogen (secondary N) is 1. The highest BCUT2D eigenvalue weighted by Crippen LogP contribution is 2.29. The Labute approximate surface area is 165 Å². The molecular weight excluding hydrogens is 384 g/mol. The molecule has 0 spiro atoms. The van der Waals surface area contributed by atoms with Gasteiger partial charge >= 0.3 is 0 Å². The van der Waals surface area contributed by atoms with Crippen molar-refractivity contribution in [2.45, 2.75) is 5.92 Å². The molecule has 1 amide bonds. The van der Waals surface area contributed by atoms with Gasteiger partial charge in [-0.05, 0) is 24.3 Å². The first-order valence-corrected chi connectivity index (χ1v) is 8.97. The first kappa shape index (κ1) is 18.3. The van der Waals surface area contributed by atoms with E-state index in [9.17, 15) is 4.79 Å². The molecule has 144 valence electrons. The topological polar surface area (TPSA) is 106 Å². The van der Waals surface area contributed by atoms with Crippen molar-refractivity contribution >= 4 is 23.2 Å². The lowest BCUT2D eigenvalue weighted by Crippen LogP contribution is -2.48. The molecule has 0 unspecified atom stereocenters. The third kappa shape index (κ3) is 3.95. The van der Waals surface area contributed by atoms with Gasteiger partial charge in [-0.2, -0.15) is 4.98 Å². The van der Waals surface area contributed by atoms with Crippen molar-refractivity contribution in [3.8, 4) is 17.4 Å². The molecule has 1 aromatic carbocycles. The minimum Gasteiger partial charge on any atom is -0.495 e. The van der Waals surface area contributed by atoms with Gasteiger partial charge in [0.1, 0.15) is 5.75 Å². The zero-order valence-corrected chi connectivity index (χ0v) is 15.8. The SMILES string of the molecule is COc1ccc(Cl)cc1NC(=O)CN1CC(c2nc(-c3ncccn3)no2)C1. The van der Waals surface area contributed by atoms with Gasteiger partial charge in [0.2, 0.25) is 23.4 Å². The quantitative estimate of drug-likeness (QED) is 0.671. The van der Waals surface area contributed by atoms with Gasteiger partial charge in [0.25, 0.3) is 0 Å². The summed E-state index contributed by atoms with van der Waals surface area (Å²) in [6.07, 6.45) is 3.24. The van der Waals surface area contributed by atoms with Gasteiger partial charge in [-0.15, -0.1) is 0 Å². The normalized spacial score (nSPS) is 14.5. The van der Waals surface area contributed by atoms with Crippen LogP contribution in [0.1, 0.15) is 11.8 Å². The number of aromatic nitrogens is 4. The molecule has 3 aromatic rings. The number of benzene rings is 1. The standard InChI is InChI=1S/C18H17ClN6O3/c1-27-14-4-3-12(19)7-13(14)22-15(26)10-25-8-11(9-25)18-23-17(24-28-18)16-20-5-2-6-21-16/h2-7,11H,8-10H2,1H3,(H,22,26). The van der Waals surface area contributed by atoms with E-state index in [1.165, 1.54) is 7.11 Å². The molecule has 0 aliphatic carbocycles. The van der Waals surface area contributed by atoms with E-state index in [4.69, 9.17) is 20.9 Å². The first-order chi connectivity index (χ1) is 13.6. The summed E-state index contributed by atoms with van der Waals surface area (Å²) in [5, 5.41) is 7.27. The Hall–Kier alpha value is -3.04. The van der Waals surface area contributed by atoms with E-state index in [0.29, 0.717) is 47.1 Å². The van der Waals surface area contributed by atoms with Crippen LogP contribution < -0.4 is 10.1 Å². The molecule has 10 heteroatoms. The predicted octanol–water partition coefficient (Wildman–Crippen LogP) is 2.23. The number of halogens is 1. The molecule has 9 nitrogen and oxygen atoms in total. The van der Waals surface area contributed by atoms with E-state index in [1.54, 1.807) is 36.7 Å². The molecule has 0 bridgehead atoms. The van der Waals surface area contributed by atoms with Crippen LogP contribution in [0, 0.1) is 0 Å². The van der Waals surface area contributed by atoms with Gasteiger partial charge < -0.3 is 14.6 Å². The van der Waals surface area contributed by atoms with E-state index < -0.39 is 0 Å². The van der Waals surface area contributed by atoms with Crippen LogP contribution in [0.15, 0.2) is 41.2 Å². The average molecular weight is 401 g/mol. The summed E-state index contributed by atoms with van der Waals surface area (Å²) >= 11 is 5.99. The number of likely N-dealkylation sites (tertiary alicyclic amines) is 1. The summed E-state index contributed by atoms with van der Waals surface area (Å²) in [6.45, 7) is 1.55. The fourth-order valence-electron chi connectivity index (χ4n) is 2.93. The summed E-state index contributed by atoms with van der Waals surface area (Å²) in [4.78, 5) is 26.9. The summed E-state index contributed by atoms with van der Waals surface area (Å²) < 4.78 is 10.6. The van der Waals surface area contributed by atoms with E-state index >= 15 is 0 Å². The number of amides is 1. The summed E-state index contributed by atoms with van der Waals surface area (Å²) in [5.74, 6) is 1.79. The molecule has 1 aliphatic heterocycles. The van der Waals surface area contributed by atoms with Crippen LogP contribution in [0.2, 0.25) is 5.02 Å². The highest BCUT2D eigenvalue weighted by Gasteiger charge is 2.34. The monoisotopic (exact) mass is 400 g/mol. The van der Waals surface area contributed by atoms with Crippen LogP contribution in [0.3, 0.4) is 0 Å². The van der Waals surface area contributed by atoms with Gasteiger partial charge in [0.05, 0.1) is 25.3 Å². The second kappa shape index (κ2) is 7.91. The van der Waals surface area contributed by atoms with Gasteiger partial charge in [-0.1, -0.05) is 16.8 Å². The summed E-state index contributed by atoms with van der Waals surface area (Å²) in [7, 11) is 1.54. The molecule has 28 heavy (non-hydrogen) atoms. The average Bonchev–Trinajstić information content (AvgIpc) is 3.15. The summed E-state index contributed by atoms with van der Waals surface area (Å²) in [6, 6.07) is 6.79. The highest BCUT2D eigenvalue weighted by molar-refractivity contribution is 6.31. The fraction of sp³-hybridized carbons (Fsp3) is 0.278. The number of rotatable bonds is 6. The van der Waals surface area contributed by atoms with Crippen LogP contribution >= 0.6 is 11.6 Å². The first-order valence-electron chi connectivity index (χ1n) is 8.59. The largest absolute Gasteiger partial charge is 0.495 e. The maximum atomic E-state index is 12.3. The van der Waals surface area contributed by atoms with Crippen LogP contribution in [0.4, 0.5) is 5.69 Å². The molecular formula is C18H17ClN6O3. The lowest BCUT2D eigenvalue weighted by atomic mass is 10.0. The fourth-order valence-corrected chi connectivity index (χ4v) is 3.10. The van der Waals surface area contributed by atoms with Gasteiger partial charge in [0, 0.05) is 30.5 Å². The Kier molecular flexibility index (Phi) is 5.18. The Morgan fingerprint density at radius 2 is 2.11 bits per heavy atom. The van der Waals surface area contributed by atoms with Crippen molar-refractivity contribution in [1.82, 2.24) is 25.0 Å². The smallest absolute Gasteiger partial charge is 0.240 e. The van der Waals surface area contributed by atoms with E-state index in [-0.39, 0.29) is 18.4 Å². The number of carbonyl (C=O) groups is 1. The van der Waals surface area contributed by atoms with E-state index in [0.717, 1.165) is 0 Å². The van der Waals surface area contributed by atoms with Crippen LogP contribution in [0.25, 0.3) is 11.6 Å². The Morgan fingerprint density at radius 1 is 1.32 bits per heavy atom. The minimum atomic E-state index is -0.150. The molecule has 3 heterocycles. The molecule has 4 rings (SSSR count). The van der Waals surface area contributed by atoms with Crippen LogP contribution in [-0.2, 0) is 4.79 Å². The number of anilines is 1. The number of methoxy groups -OCH3 is 1. The van der Waals surface area contributed by atoms with Crippen molar-refractivity contribution < 1.29 is 14.1 Å². The van der Waals surface area contributed by atoms with Crippen LogP contribution in [0.5, 0.6) is 5.75 Å². The van der Waals surface area contributed by atoms with Gasteiger partial charge in [-0.25, -0.2) is 9.97 Å². The number of carbonyl (C=O) groups excluding carboxylic acids is 1. The molecule has 1 fully saturated rings. The molecule has 1 saturated heterocycles. The highest BCUT2D eigenvalue weighted by atomic mass is 35.5. The van der Waals surface area contributed by atoms with Crippen molar-refractivity contribution in [3.05, 3.63) is 47.6 Å². The zero-order valence-electron chi connectivity index (χ0n) is 15.0. The lowest BCUT2D eigenvalue weighted by molar-refractivity contribution is -0.118. The molecule has 2 aromatic heterocycles. The van der Waals surface area contributed by atoms with Crippen molar-refractivity contribution in [2.24, 2.45) is 0 Å². The van der Waals surface area contributed by atoms with E-state index in [2.05, 4.69) is 25.4 Å². The second-order valence-electron chi connectivity index (χ2n) is 6.31. The number of ether oxygens (including phenoxy) is 1. The Balaban J connectivity index is 1.31. The molecule has 0 saturated carbocycles. The van der Waals surface area contributed by atoms with Crippen molar-refractivity contribution in [2.75, 3.05) is 32.1 Å². The predicted molar refractivity (Wildman–Crippen MR) is 101 cm³/mol. The molecule has 1 aliphatic rings. The Morgan fingerprint density at radius 3 is 2.86 bits per heavy atom. The Bertz CT molecular complexity index is 974. The minimum absolute atomic E-state index is 0.0819. The van der Waals surface area contributed by atoms with Crippen LogP contribution in [-0.4, -0.2) is 57.7 Å². The number of nitrogens with zero attached hydrogens (tertiary/aromatic N) is 5. The third-order valence-electron chi connectivity index (χ3n) is 4.32. The molecule has 0 radical (unpaired) electrons. The summed E-state index contributed by atoms with van der Waals surface area (Å²) in [5.41, 5.74) is 0.543. The number of hydrogen-bond donors (Lipinski definition) is 1. The molecule has 1 N–H and O–H groups in total. The molecule has 0 atom stereocenters. The second-order valence-corrected chi connectivity index (χ2v) is 6.75. The third-order valence-corrected chi connectivity index (χ3v) is 4.55. The zero-order chi connectivity index (χ0) is 19.5. The van der Waals surface area contributed by atoms with E-state index in [1.807, 2.05) is 4.90 Å². The van der Waals surface area contributed by atoms with Crippen molar-refractivity contribution in [3.63, 3.8) is 0 Å². The number of hydrogen-bond acceptors (Lipinski definition) is 8. The van der Waals surface area contributed by atoms with Crippen molar-refractivity contribution in [1.29, 1.82) is 0 Å².